The Balaban J connectivity index is 1.24. The van der Waals surface area contributed by atoms with Crippen molar-refractivity contribution in [2.75, 3.05) is 46.0 Å². The van der Waals surface area contributed by atoms with Crippen LogP contribution in [-0.2, 0) is 4.79 Å². The molecule has 0 radical (unpaired) electrons. The van der Waals surface area contributed by atoms with E-state index in [-0.39, 0.29) is 23.8 Å². The van der Waals surface area contributed by atoms with Crippen LogP contribution < -0.4 is 10.1 Å². The lowest BCUT2D eigenvalue weighted by atomic mass is 9.67. The van der Waals surface area contributed by atoms with Gasteiger partial charge < -0.3 is 10.1 Å². The summed E-state index contributed by atoms with van der Waals surface area (Å²) in [5, 5.41) is 3.79. The summed E-state index contributed by atoms with van der Waals surface area (Å²) in [6.45, 7) is 9.49. The molecule has 1 saturated carbocycles. The molecule has 1 aromatic rings. The number of amides is 3. The number of rotatable bonds is 6. The molecule has 31 heavy (non-hydrogen) atoms. The number of hydrogen-bond acceptors (Lipinski definition) is 5. The van der Waals surface area contributed by atoms with Crippen LogP contribution in [0, 0.1) is 11.8 Å². The Morgan fingerprint density at radius 3 is 2.29 bits per heavy atom. The highest BCUT2D eigenvalue weighted by Crippen LogP contribution is 2.42. The van der Waals surface area contributed by atoms with Gasteiger partial charge in [0, 0.05) is 37.7 Å². The summed E-state index contributed by atoms with van der Waals surface area (Å²) in [6.07, 6.45) is 3.10. The second-order valence-electron chi connectivity index (χ2n) is 9.17. The largest absolute Gasteiger partial charge is 0.492 e. The summed E-state index contributed by atoms with van der Waals surface area (Å²) >= 11 is 5.90. The number of ether oxygens (including phenoxy) is 1. The molecule has 170 valence electrons. The van der Waals surface area contributed by atoms with Gasteiger partial charge in [0.2, 0.25) is 0 Å². The van der Waals surface area contributed by atoms with E-state index < -0.39 is 5.54 Å². The van der Waals surface area contributed by atoms with E-state index >= 15 is 0 Å². The second-order valence-corrected chi connectivity index (χ2v) is 9.61. The Bertz CT molecular complexity index is 785. The summed E-state index contributed by atoms with van der Waals surface area (Å²) in [6, 6.07) is 7.16. The van der Waals surface area contributed by atoms with E-state index in [1.165, 1.54) is 4.90 Å². The van der Waals surface area contributed by atoms with Crippen LogP contribution in [0.4, 0.5) is 4.79 Å². The minimum absolute atomic E-state index is 0.0315. The lowest BCUT2D eigenvalue weighted by Crippen LogP contribution is -2.59. The average molecular weight is 449 g/mol. The maximum absolute atomic E-state index is 13.3. The maximum Gasteiger partial charge on any atom is 0.326 e. The molecule has 4 rings (SSSR count). The first-order valence-electron chi connectivity index (χ1n) is 11.4. The van der Waals surface area contributed by atoms with Gasteiger partial charge in [0.15, 0.2) is 0 Å². The van der Waals surface area contributed by atoms with Crippen molar-refractivity contribution < 1.29 is 14.3 Å². The molecule has 7 nitrogen and oxygen atoms in total. The topological polar surface area (TPSA) is 65.1 Å². The van der Waals surface area contributed by atoms with Crippen LogP contribution in [0.1, 0.15) is 33.1 Å². The fraction of sp³-hybridized carbons (Fsp3) is 0.652. The highest BCUT2D eigenvalue weighted by atomic mass is 35.5. The van der Waals surface area contributed by atoms with Crippen LogP contribution in [0.2, 0.25) is 5.02 Å². The molecule has 0 aromatic heterocycles. The van der Waals surface area contributed by atoms with Crippen molar-refractivity contribution in [3.8, 4) is 5.75 Å². The molecular weight excluding hydrogens is 416 g/mol. The van der Waals surface area contributed by atoms with E-state index in [1.54, 1.807) is 0 Å². The normalized spacial score (nSPS) is 30.1. The lowest BCUT2D eigenvalue weighted by Gasteiger charge is -2.42. The zero-order chi connectivity index (χ0) is 22.0. The molecule has 2 atom stereocenters. The van der Waals surface area contributed by atoms with E-state index in [1.807, 2.05) is 24.3 Å². The van der Waals surface area contributed by atoms with Gasteiger partial charge in [-0.2, -0.15) is 0 Å². The summed E-state index contributed by atoms with van der Waals surface area (Å²) in [5.74, 6) is 1.14. The number of halogens is 1. The fourth-order valence-corrected chi connectivity index (χ4v) is 5.38. The molecule has 3 amide bonds. The predicted octanol–water partition coefficient (Wildman–Crippen LogP) is 3.04. The van der Waals surface area contributed by atoms with Crippen molar-refractivity contribution in [1.82, 2.24) is 20.0 Å². The zero-order valence-electron chi connectivity index (χ0n) is 18.5. The van der Waals surface area contributed by atoms with Gasteiger partial charge in [-0.15, -0.1) is 0 Å². The van der Waals surface area contributed by atoms with Crippen LogP contribution in [0.25, 0.3) is 0 Å². The molecule has 2 aliphatic heterocycles. The molecule has 1 aromatic carbocycles. The maximum atomic E-state index is 13.3. The third-order valence-electron chi connectivity index (χ3n) is 7.28. The number of benzene rings is 1. The van der Waals surface area contributed by atoms with Gasteiger partial charge >= 0.3 is 6.03 Å². The van der Waals surface area contributed by atoms with E-state index in [4.69, 9.17) is 16.3 Å². The minimum Gasteiger partial charge on any atom is -0.492 e. The molecule has 0 bridgehead atoms. The molecule has 2 unspecified atom stereocenters. The number of carbonyl (C=O) groups is 2. The average Bonchev–Trinajstić information content (AvgIpc) is 3.00. The first kappa shape index (κ1) is 22.4. The molecule has 8 heteroatoms. The van der Waals surface area contributed by atoms with Gasteiger partial charge in [-0.3, -0.25) is 14.6 Å². The molecule has 2 heterocycles. The van der Waals surface area contributed by atoms with Crippen LogP contribution in [-0.4, -0.2) is 78.2 Å². The smallest absolute Gasteiger partial charge is 0.326 e. The monoisotopic (exact) mass is 448 g/mol. The summed E-state index contributed by atoms with van der Waals surface area (Å²) < 4.78 is 5.79. The Morgan fingerprint density at radius 1 is 1.03 bits per heavy atom. The molecule has 2 saturated heterocycles. The molecular formula is C23H33ClN4O3. The number of nitrogens with zero attached hydrogens (tertiary/aromatic N) is 3. The highest BCUT2D eigenvalue weighted by Gasteiger charge is 2.58. The van der Waals surface area contributed by atoms with Crippen molar-refractivity contribution in [3.63, 3.8) is 0 Å². The van der Waals surface area contributed by atoms with Crippen molar-refractivity contribution in [1.29, 1.82) is 0 Å². The second kappa shape index (κ2) is 9.35. The number of carbonyl (C=O) groups excluding carboxylic acids is 2. The number of hydrogen-bond donors (Lipinski definition) is 1. The summed E-state index contributed by atoms with van der Waals surface area (Å²) in [7, 11) is 0. The molecule has 1 spiro atoms. The first-order chi connectivity index (χ1) is 14.9. The van der Waals surface area contributed by atoms with E-state index in [0.29, 0.717) is 18.3 Å². The molecule has 1 aliphatic carbocycles. The summed E-state index contributed by atoms with van der Waals surface area (Å²) in [5.41, 5.74) is -0.712. The minimum atomic E-state index is -0.712. The van der Waals surface area contributed by atoms with Gasteiger partial charge in [0.1, 0.15) is 17.9 Å². The quantitative estimate of drug-likeness (QED) is 0.677. The molecule has 1 N–H and O–H groups in total. The number of urea groups is 1. The van der Waals surface area contributed by atoms with Crippen molar-refractivity contribution >= 4 is 23.5 Å². The Labute approximate surface area is 189 Å². The Kier molecular flexibility index (Phi) is 6.74. The third kappa shape index (κ3) is 4.54. The molecule has 3 fully saturated rings. The number of imide groups is 1. The van der Waals surface area contributed by atoms with Crippen molar-refractivity contribution in [2.45, 2.75) is 38.6 Å². The van der Waals surface area contributed by atoms with Crippen molar-refractivity contribution in [3.05, 3.63) is 29.3 Å². The van der Waals surface area contributed by atoms with Crippen molar-refractivity contribution in [2.24, 2.45) is 11.8 Å². The zero-order valence-corrected chi connectivity index (χ0v) is 19.2. The van der Waals surface area contributed by atoms with Gasteiger partial charge in [0.25, 0.3) is 5.91 Å². The first-order valence-corrected chi connectivity index (χ1v) is 11.7. The van der Waals surface area contributed by atoms with Gasteiger partial charge in [-0.25, -0.2) is 9.69 Å². The van der Waals surface area contributed by atoms with Crippen LogP contribution in [0.15, 0.2) is 24.3 Å². The predicted molar refractivity (Wildman–Crippen MR) is 120 cm³/mol. The SMILES string of the molecule is CC1CCCC(C)C12NC(=O)N(CN1CCN(CCOc3ccc(Cl)cc3)CC1)C2=O. The fourth-order valence-electron chi connectivity index (χ4n) is 5.26. The third-order valence-corrected chi connectivity index (χ3v) is 7.54. The van der Waals surface area contributed by atoms with Crippen LogP contribution in [0.3, 0.4) is 0 Å². The Morgan fingerprint density at radius 2 is 1.65 bits per heavy atom. The van der Waals surface area contributed by atoms with Gasteiger partial charge in [0.05, 0.1) is 6.67 Å². The van der Waals surface area contributed by atoms with E-state index in [2.05, 4.69) is 29.0 Å². The van der Waals surface area contributed by atoms with E-state index in [9.17, 15) is 9.59 Å². The number of piperazine rings is 1. The Hall–Kier alpha value is -1.83. The number of nitrogens with one attached hydrogen (secondary N) is 1. The van der Waals surface area contributed by atoms with Crippen LogP contribution >= 0.6 is 11.6 Å². The highest BCUT2D eigenvalue weighted by molar-refractivity contribution is 6.30. The molecule has 3 aliphatic rings. The standard InChI is InChI=1S/C23H33ClN4O3/c1-17-4-3-5-18(2)23(17)21(29)28(22(30)25-23)16-27-12-10-26(11-13-27)14-15-31-20-8-6-19(24)7-9-20/h6-9,17-18H,3-5,10-16H2,1-2H3,(H,25,30). The lowest BCUT2D eigenvalue weighted by molar-refractivity contribution is -0.138. The van der Waals surface area contributed by atoms with Gasteiger partial charge in [-0.05, 0) is 48.9 Å². The van der Waals surface area contributed by atoms with Gasteiger partial charge in [-0.1, -0.05) is 31.9 Å². The summed E-state index contributed by atoms with van der Waals surface area (Å²) in [4.78, 5) is 32.0. The van der Waals surface area contributed by atoms with E-state index in [0.717, 1.165) is 57.7 Å². The van der Waals surface area contributed by atoms with Crippen LogP contribution in [0.5, 0.6) is 5.75 Å².